The summed E-state index contributed by atoms with van der Waals surface area (Å²) in [6.07, 6.45) is -9.11. The maximum Gasteiger partial charge on any atom is 0.416 e. The molecule has 0 amide bonds. The third-order valence-corrected chi connectivity index (χ3v) is 18.3. The highest BCUT2D eigenvalue weighted by molar-refractivity contribution is 6.15. The predicted octanol–water partition coefficient (Wildman–Crippen LogP) is 21.7. The molecule has 0 spiro atoms. The van der Waals surface area contributed by atoms with Gasteiger partial charge in [-0.2, -0.15) is 36.9 Å². The molecule has 0 saturated carbocycles. The number of nitrogens with zero attached hydrogens (tertiary/aromatic N) is 6. The van der Waals surface area contributed by atoms with Gasteiger partial charge in [0.2, 0.25) is 0 Å². The van der Waals surface area contributed by atoms with Crippen molar-refractivity contribution in [1.29, 1.82) is 10.5 Å². The lowest BCUT2D eigenvalue weighted by atomic mass is 9.95. The number of hydrogen-bond donors (Lipinski definition) is 0. The first-order valence-electron chi connectivity index (χ1n) is 30.1. The zero-order valence-corrected chi connectivity index (χ0v) is 49.7. The molecule has 6 nitrogen and oxygen atoms in total. The molecule has 0 fully saturated rings. The third kappa shape index (κ3) is 8.77. The van der Waals surface area contributed by atoms with E-state index in [4.69, 9.17) is 0 Å². The van der Waals surface area contributed by atoms with E-state index < -0.39 is 23.5 Å². The second-order valence-corrected chi connectivity index (χ2v) is 23.9. The van der Waals surface area contributed by atoms with Gasteiger partial charge in [0.25, 0.3) is 0 Å². The number of hydrogen-bond acceptors (Lipinski definition) is 2. The van der Waals surface area contributed by atoms with Gasteiger partial charge >= 0.3 is 12.4 Å². The van der Waals surface area contributed by atoms with E-state index in [1.807, 2.05) is 197 Å². The van der Waals surface area contributed by atoms with Gasteiger partial charge in [-0.3, -0.25) is 0 Å². The summed E-state index contributed by atoms with van der Waals surface area (Å²) in [7, 11) is 0. The largest absolute Gasteiger partial charge is 0.416 e. The van der Waals surface area contributed by atoms with E-state index in [2.05, 4.69) is 30.3 Å². The van der Waals surface area contributed by atoms with Gasteiger partial charge < -0.3 is 18.3 Å². The van der Waals surface area contributed by atoms with Gasteiger partial charge in [0.1, 0.15) is 0 Å². The molecule has 0 radical (unpaired) electrons. The molecule has 0 unspecified atom stereocenters. The first-order valence-corrected chi connectivity index (χ1v) is 30.1. The van der Waals surface area contributed by atoms with Gasteiger partial charge in [0.15, 0.2) is 0 Å². The molecule has 4 aromatic heterocycles. The number of aryl methyl sites for hydroxylation is 3. The van der Waals surface area contributed by atoms with Crippen LogP contribution >= 0.6 is 0 Å². The van der Waals surface area contributed by atoms with Crippen molar-refractivity contribution in [3.05, 3.63) is 287 Å². The molecule has 0 bridgehead atoms. The molecule has 12 aromatic carbocycles. The Hall–Kier alpha value is -11.6. The van der Waals surface area contributed by atoms with E-state index in [-0.39, 0.29) is 11.4 Å². The molecule has 16 rings (SSSR count). The number of alkyl halides is 6. The Morgan fingerprint density at radius 1 is 0.326 bits per heavy atom. The Balaban J connectivity index is 0.904. The van der Waals surface area contributed by atoms with Crippen LogP contribution in [0.5, 0.6) is 0 Å². The average molecular weight is 1210 g/mol. The summed E-state index contributed by atoms with van der Waals surface area (Å²) in [6, 6.07) is 76.6. The van der Waals surface area contributed by atoms with E-state index in [1.165, 1.54) is 24.3 Å². The minimum absolute atomic E-state index is 0.276. The lowest BCUT2D eigenvalue weighted by Gasteiger charge is -2.23. The van der Waals surface area contributed by atoms with Crippen LogP contribution in [0.15, 0.2) is 237 Å². The predicted molar refractivity (Wildman–Crippen MR) is 358 cm³/mol. The van der Waals surface area contributed by atoms with Gasteiger partial charge in [0, 0.05) is 54.2 Å². The highest BCUT2D eigenvalue weighted by Crippen LogP contribution is 2.49. The minimum Gasteiger partial charge on any atom is -0.309 e. The summed E-state index contributed by atoms with van der Waals surface area (Å²) in [5, 5.41) is 27.4. The van der Waals surface area contributed by atoms with Crippen molar-refractivity contribution in [2.75, 3.05) is 0 Å². The summed E-state index contributed by atoms with van der Waals surface area (Å²) in [4.78, 5) is 0. The van der Waals surface area contributed by atoms with Crippen LogP contribution in [-0.2, 0) is 18.8 Å². The van der Waals surface area contributed by atoms with Crippen molar-refractivity contribution < 1.29 is 26.3 Å². The van der Waals surface area contributed by atoms with Gasteiger partial charge in [-0.05, 0) is 176 Å². The fourth-order valence-corrected chi connectivity index (χ4v) is 14.2. The fraction of sp³-hybridized carbons (Fsp3) is 0.0750. The Kier molecular flexibility index (Phi) is 12.6. The van der Waals surface area contributed by atoms with E-state index >= 15 is 26.3 Å². The molecule has 0 aliphatic carbocycles. The lowest BCUT2D eigenvalue weighted by molar-refractivity contribution is -0.138. The lowest BCUT2D eigenvalue weighted by Crippen LogP contribution is -2.11. The van der Waals surface area contributed by atoms with Gasteiger partial charge in [-0.25, -0.2) is 0 Å². The van der Waals surface area contributed by atoms with Crippen LogP contribution in [0.25, 0.3) is 132 Å². The number of aromatic nitrogens is 4. The average Bonchev–Trinajstić information content (AvgIpc) is 1.52. The van der Waals surface area contributed by atoms with Crippen LogP contribution in [-0.4, -0.2) is 18.3 Å². The summed E-state index contributed by atoms with van der Waals surface area (Å²) in [5.41, 5.74) is 12.6. The maximum atomic E-state index is 15.8. The van der Waals surface area contributed by atoms with E-state index in [9.17, 15) is 10.5 Å². The minimum atomic E-state index is -4.77. The zero-order chi connectivity index (χ0) is 63.1. The van der Waals surface area contributed by atoms with Crippen molar-refractivity contribution in [2.45, 2.75) is 39.5 Å². The molecule has 0 aliphatic heterocycles. The Labute approximate surface area is 523 Å². The van der Waals surface area contributed by atoms with Crippen molar-refractivity contribution in [3.8, 4) is 57.1 Å². The second-order valence-electron chi connectivity index (χ2n) is 23.9. The Morgan fingerprint density at radius 3 is 1.16 bits per heavy atom. The number of para-hydroxylation sites is 4. The molecule has 12 heteroatoms. The standard InChI is InChI=1S/C80H50F6N6/c1-46-27-30-69-62(32-46)58-19-5-9-23-66(58)89(69)73-40-55(79(81,82)83)41-74(77(73)52-16-12-14-50(36-52)44-87)90-67-24-10-6-20-59(67)63-38-49(28-31-70(63)90)35-54-39-64-60-21-7-11-25-68(60)92(72(64)34-48(54)3)76-43-56(80(84,85)86)42-75(78(76)53-17-13-15-51(37-53)45-88)91-65-22-8-4-18-57(65)61-29-26-47(2)33-71(61)91/h4-34,36-43H,35H2,1-3H3. The van der Waals surface area contributed by atoms with Crippen LogP contribution in [0.3, 0.4) is 0 Å². The molecule has 0 aliphatic rings. The highest BCUT2D eigenvalue weighted by Gasteiger charge is 2.36. The quantitative estimate of drug-likeness (QED) is 0.142. The first-order chi connectivity index (χ1) is 44.5. The maximum absolute atomic E-state index is 15.8. The molecule has 442 valence electrons. The number of halogens is 6. The number of benzene rings is 12. The Bertz CT molecular complexity index is 5910. The van der Waals surface area contributed by atoms with E-state index in [1.54, 1.807) is 36.4 Å². The van der Waals surface area contributed by atoms with Crippen LogP contribution < -0.4 is 0 Å². The van der Waals surface area contributed by atoms with Gasteiger partial charge in [-0.15, -0.1) is 0 Å². The van der Waals surface area contributed by atoms with Crippen LogP contribution in [0.2, 0.25) is 0 Å². The molecule has 4 heterocycles. The molecule has 0 N–H and O–H groups in total. The van der Waals surface area contributed by atoms with E-state index in [0.717, 1.165) is 93.0 Å². The van der Waals surface area contributed by atoms with Crippen molar-refractivity contribution >= 4 is 87.2 Å². The zero-order valence-electron chi connectivity index (χ0n) is 49.7. The Morgan fingerprint density at radius 2 is 0.696 bits per heavy atom. The van der Waals surface area contributed by atoms with Crippen LogP contribution in [0.1, 0.15) is 50.1 Å². The van der Waals surface area contributed by atoms with Crippen molar-refractivity contribution in [1.82, 2.24) is 18.3 Å². The summed E-state index contributed by atoms with van der Waals surface area (Å²) >= 11 is 0. The van der Waals surface area contributed by atoms with E-state index in [0.29, 0.717) is 73.2 Å². The van der Waals surface area contributed by atoms with Crippen LogP contribution in [0, 0.1) is 43.4 Å². The van der Waals surface area contributed by atoms with Crippen LogP contribution in [0.4, 0.5) is 26.3 Å². The highest BCUT2D eigenvalue weighted by atomic mass is 19.4. The third-order valence-electron chi connectivity index (χ3n) is 18.3. The molecule has 0 atom stereocenters. The molecule has 16 aromatic rings. The van der Waals surface area contributed by atoms with Gasteiger partial charge in [0.05, 0.1) is 101 Å². The molecule has 92 heavy (non-hydrogen) atoms. The smallest absolute Gasteiger partial charge is 0.309 e. The SMILES string of the molecule is Cc1ccc2c(c1)c1ccccc1n2-c1cc(C(F)(F)F)cc(-n2c3ccccc3c3cc(Cc4cc5c6ccccc6n(-c6cc(C(F)(F)F)cc(-n7c8ccccc8c8ccc(C)cc87)c6-c6cccc(C#N)c6)c5cc4C)ccc32)c1-c1cccc(C#N)c1. The summed E-state index contributed by atoms with van der Waals surface area (Å²) < 4.78 is 103. The van der Waals surface area contributed by atoms with Gasteiger partial charge in [-0.1, -0.05) is 127 Å². The monoisotopic (exact) mass is 1210 g/mol. The van der Waals surface area contributed by atoms with Crippen molar-refractivity contribution in [3.63, 3.8) is 0 Å². The summed E-state index contributed by atoms with van der Waals surface area (Å²) in [5.74, 6) is 0. The number of nitriles is 2. The summed E-state index contributed by atoms with van der Waals surface area (Å²) in [6.45, 7) is 5.96. The topological polar surface area (TPSA) is 67.3 Å². The fourth-order valence-electron chi connectivity index (χ4n) is 14.2. The van der Waals surface area contributed by atoms with Crippen molar-refractivity contribution in [2.24, 2.45) is 0 Å². The second kappa shape index (κ2) is 20.7. The molecule has 0 saturated heterocycles. The number of fused-ring (bicyclic) bond motifs is 12. The normalized spacial score (nSPS) is 12.2. The first kappa shape index (κ1) is 55.7. The number of rotatable bonds is 8. The molecular weight excluding hydrogens is 1160 g/mol. The molecular formula is C80H50F6N6.